The van der Waals surface area contributed by atoms with Crippen LogP contribution in [0.1, 0.15) is 36.8 Å². The van der Waals surface area contributed by atoms with Crippen molar-refractivity contribution in [1.29, 1.82) is 0 Å². The van der Waals surface area contributed by atoms with E-state index in [1.165, 1.54) is 24.7 Å². The van der Waals surface area contributed by atoms with Crippen molar-refractivity contribution < 1.29 is 4.74 Å². The Bertz CT molecular complexity index is 1480. The quantitative estimate of drug-likeness (QED) is 0.373. The SMILES string of the molecule is Cc1cc(Nc2ncnn3ccc(C[C@H]4CC[C@H](N)CC4)c23)ccc1Oc1ccn2ncnc2c1. The maximum absolute atomic E-state index is 6.11. The van der Waals surface area contributed by atoms with Gasteiger partial charge in [0.1, 0.15) is 29.7 Å². The van der Waals surface area contributed by atoms with Gasteiger partial charge in [0, 0.05) is 30.2 Å². The molecule has 0 bridgehead atoms. The number of rotatable bonds is 6. The molecular formula is C26H28N8O. The molecule has 178 valence electrons. The third-order valence-electron chi connectivity index (χ3n) is 6.85. The summed E-state index contributed by atoms with van der Waals surface area (Å²) in [6, 6.07) is 12.3. The molecule has 1 fully saturated rings. The van der Waals surface area contributed by atoms with Gasteiger partial charge in [-0.2, -0.15) is 10.2 Å². The highest BCUT2D eigenvalue weighted by atomic mass is 16.5. The van der Waals surface area contributed by atoms with Crippen molar-refractivity contribution in [3.8, 4) is 11.5 Å². The number of fused-ring (bicyclic) bond motifs is 2. The molecule has 0 unspecified atom stereocenters. The summed E-state index contributed by atoms with van der Waals surface area (Å²) in [6.07, 6.45) is 12.6. The van der Waals surface area contributed by atoms with Gasteiger partial charge in [-0.15, -0.1) is 0 Å². The molecule has 1 saturated carbocycles. The molecule has 1 aliphatic carbocycles. The third-order valence-corrected chi connectivity index (χ3v) is 6.85. The minimum Gasteiger partial charge on any atom is -0.457 e. The van der Waals surface area contributed by atoms with E-state index in [-0.39, 0.29) is 0 Å². The molecule has 0 radical (unpaired) electrons. The van der Waals surface area contributed by atoms with Crippen LogP contribution >= 0.6 is 0 Å². The topological polar surface area (TPSA) is 108 Å². The van der Waals surface area contributed by atoms with E-state index in [4.69, 9.17) is 10.5 Å². The van der Waals surface area contributed by atoms with E-state index in [2.05, 4.69) is 37.6 Å². The Morgan fingerprint density at radius 1 is 0.971 bits per heavy atom. The Hall–Kier alpha value is -3.98. The lowest BCUT2D eigenvalue weighted by Gasteiger charge is -2.25. The van der Waals surface area contributed by atoms with Crippen LogP contribution in [0.25, 0.3) is 11.2 Å². The number of nitrogens with one attached hydrogen (secondary N) is 1. The number of aryl methyl sites for hydroxylation is 1. The fourth-order valence-electron chi connectivity index (χ4n) is 4.94. The van der Waals surface area contributed by atoms with Gasteiger partial charge in [0.2, 0.25) is 0 Å². The Morgan fingerprint density at radius 3 is 2.63 bits per heavy atom. The molecule has 0 spiro atoms. The van der Waals surface area contributed by atoms with Gasteiger partial charge in [0.05, 0.1) is 0 Å². The van der Waals surface area contributed by atoms with Gasteiger partial charge in [-0.05, 0) is 86.4 Å². The predicted molar refractivity (Wildman–Crippen MR) is 134 cm³/mol. The van der Waals surface area contributed by atoms with Gasteiger partial charge in [-0.25, -0.2) is 19.0 Å². The van der Waals surface area contributed by atoms with E-state index in [0.717, 1.165) is 53.2 Å². The summed E-state index contributed by atoms with van der Waals surface area (Å²) in [5, 5.41) is 12.0. The van der Waals surface area contributed by atoms with Gasteiger partial charge >= 0.3 is 0 Å². The van der Waals surface area contributed by atoms with Crippen LogP contribution in [-0.4, -0.2) is 35.2 Å². The number of aromatic nitrogens is 6. The van der Waals surface area contributed by atoms with E-state index in [1.807, 2.05) is 48.1 Å². The lowest BCUT2D eigenvalue weighted by atomic mass is 9.83. The Morgan fingerprint density at radius 2 is 1.77 bits per heavy atom. The van der Waals surface area contributed by atoms with Crippen LogP contribution < -0.4 is 15.8 Å². The molecule has 35 heavy (non-hydrogen) atoms. The van der Waals surface area contributed by atoms with Crippen molar-refractivity contribution in [3.63, 3.8) is 0 Å². The van der Waals surface area contributed by atoms with E-state index in [0.29, 0.717) is 17.7 Å². The zero-order chi connectivity index (χ0) is 23.8. The molecule has 1 aliphatic rings. The fourth-order valence-corrected chi connectivity index (χ4v) is 4.94. The number of nitrogens with zero attached hydrogens (tertiary/aromatic N) is 6. The van der Waals surface area contributed by atoms with Gasteiger partial charge in [-0.1, -0.05) is 0 Å². The van der Waals surface area contributed by atoms with Crippen molar-refractivity contribution in [3.05, 3.63) is 72.6 Å². The van der Waals surface area contributed by atoms with Gasteiger partial charge < -0.3 is 15.8 Å². The van der Waals surface area contributed by atoms with Gasteiger partial charge in [0.25, 0.3) is 0 Å². The molecule has 9 nitrogen and oxygen atoms in total. The maximum Gasteiger partial charge on any atom is 0.158 e. The van der Waals surface area contributed by atoms with Crippen molar-refractivity contribution in [2.24, 2.45) is 11.7 Å². The summed E-state index contributed by atoms with van der Waals surface area (Å²) >= 11 is 0. The summed E-state index contributed by atoms with van der Waals surface area (Å²) in [7, 11) is 0. The molecule has 5 aromatic rings. The number of hydrogen-bond donors (Lipinski definition) is 2. The smallest absolute Gasteiger partial charge is 0.158 e. The standard InChI is InChI=1S/C26H28N8O/c1-17-12-21(6-7-23(17)35-22-9-11-33-24(14-22)28-15-30-33)32-26-25-19(8-10-34(25)31-16-29-26)13-18-2-4-20(27)5-3-18/h6-12,14-16,18,20H,2-5,13,27H2,1H3,(H,29,31,32)/t18-,20-. The number of nitrogens with two attached hydrogens (primary N) is 1. The molecular weight excluding hydrogens is 440 g/mol. The molecule has 0 amide bonds. The molecule has 6 rings (SSSR count). The van der Waals surface area contributed by atoms with Crippen LogP contribution in [0.3, 0.4) is 0 Å². The lowest BCUT2D eigenvalue weighted by Crippen LogP contribution is -2.27. The van der Waals surface area contributed by atoms with Crippen LogP contribution in [0.2, 0.25) is 0 Å². The average Bonchev–Trinajstić information content (AvgIpc) is 3.50. The van der Waals surface area contributed by atoms with Gasteiger partial charge in [0.15, 0.2) is 11.5 Å². The summed E-state index contributed by atoms with van der Waals surface area (Å²) in [5.74, 6) is 2.96. The Kier molecular flexibility index (Phi) is 5.54. The minimum atomic E-state index is 0.360. The van der Waals surface area contributed by atoms with E-state index in [9.17, 15) is 0 Å². The molecule has 1 aromatic carbocycles. The van der Waals surface area contributed by atoms with E-state index in [1.54, 1.807) is 10.8 Å². The number of ether oxygens (including phenoxy) is 1. The Balaban J connectivity index is 1.22. The molecule has 4 heterocycles. The minimum absolute atomic E-state index is 0.360. The van der Waals surface area contributed by atoms with Crippen LogP contribution in [0.15, 0.2) is 61.4 Å². The molecule has 0 atom stereocenters. The number of anilines is 2. The summed E-state index contributed by atoms with van der Waals surface area (Å²) in [6.45, 7) is 2.03. The lowest BCUT2D eigenvalue weighted by molar-refractivity contribution is 0.325. The first kappa shape index (κ1) is 21.5. The largest absolute Gasteiger partial charge is 0.457 e. The number of pyridine rings is 1. The fraction of sp³-hybridized carbons (Fsp3) is 0.308. The summed E-state index contributed by atoms with van der Waals surface area (Å²) in [4.78, 5) is 8.79. The van der Waals surface area contributed by atoms with Crippen molar-refractivity contribution >= 4 is 22.7 Å². The number of hydrogen-bond acceptors (Lipinski definition) is 7. The maximum atomic E-state index is 6.11. The summed E-state index contributed by atoms with van der Waals surface area (Å²) < 4.78 is 9.72. The highest BCUT2D eigenvalue weighted by molar-refractivity contribution is 5.77. The zero-order valence-corrected chi connectivity index (χ0v) is 19.6. The molecule has 3 N–H and O–H groups in total. The zero-order valence-electron chi connectivity index (χ0n) is 19.6. The molecule has 9 heteroatoms. The second-order valence-electron chi connectivity index (χ2n) is 9.36. The monoisotopic (exact) mass is 468 g/mol. The van der Waals surface area contributed by atoms with Crippen molar-refractivity contribution in [2.45, 2.75) is 45.1 Å². The predicted octanol–water partition coefficient (Wildman–Crippen LogP) is 4.68. The highest BCUT2D eigenvalue weighted by Gasteiger charge is 2.21. The van der Waals surface area contributed by atoms with Crippen LogP contribution in [0.5, 0.6) is 11.5 Å². The molecule has 4 aromatic heterocycles. The molecule has 0 saturated heterocycles. The van der Waals surface area contributed by atoms with Crippen LogP contribution in [-0.2, 0) is 6.42 Å². The summed E-state index contributed by atoms with van der Waals surface area (Å²) in [5.41, 5.74) is 11.1. The first-order valence-electron chi connectivity index (χ1n) is 12.0. The second kappa shape index (κ2) is 8.99. The van der Waals surface area contributed by atoms with Crippen molar-refractivity contribution in [2.75, 3.05) is 5.32 Å². The second-order valence-corrected chi connectivity index (χ2v) is 9.36. The van der Waals surface area contributed by atoms with Crippen molar-refractivity contribution in [1.82, 2.24) is 29.2 Å². The Labute approximate surface area is 203 Å². The van der Waals surface area contributed by atoms with Crippen LogP contribution in [0, 0.1) is 12.8 Å². The first-order valence-corrected chi connectivity index (χ1v) is 12.0. The molecule has 0 aliphatic heterocycles. The van der Waals surface area contributed by atoms with E-state index >= 15 is 0 Å². The van der Waals surface area contributed by atoms with Crippen LogP contribution in [0.4, 0.5) is 11.5 Å². The van der Waals surface area contributed by atoms with E-state index < -0.39 is 0 Å². The highest BCUT2D eigenvalue weighted by Crippen LogP contribution is 2.32. The average molecular weight is 469 g/mol. The first-order chi connectivity index (χ1) is 17.1. The normalized spacial score (nSPS) is 18.2. The van der Waals surface area contributed by atoms with Gasteiger partial charge in [-0.3, -0.25) is 0 Å². The third kappa shape index (κ3) is 4.42. The number of benzene rings is 1.